The van der Waals surface area contributed by atoms with E-state index in [-0.39, 0.29) is 0 Å². The number of sulfonamides is 1. The Morgan fingerprint density at radius 1 is 1.28 bits per heavy atom. The van der Waals surface area contributed by atoms with Gasteiger partial charge in [-0.1, -0.05) is 0 Å². The molecule has 0 aliphatic rings. The van der Waals surface area contributed by atoms with Crippen molar-refractivity contribution in [2.75, 3.05) is 18.9 Å². The van der Waals surface area contributed by atoms with Crippen molar-refractivity contribution in [3.05, 3.63) is 18.2 Å². The maximum Gasteiger partial charge on any atom is 0.248 e. The zero-order valence-corrected chi connectivity index (χ0v) is 11.1. The molecule has 6 nitrogen and oxygen atoms in total. The van der Waals surface area contributed by atoms with Crippen molar-refractivity contribution in [2.24, 2.45) is 0 Å². The van der Waals surface area contributed by atoms with Crippen LogP contribution in [0.4, 0.5) is 5.69 Å². The van der Waals surface area contributed by atoms with Crippen LogP contribution in [0.3, 0.4) is 0 Å². The molecule has 1 rings (SSSR count). The molecule has 1 N–H and O–H groups in total. The standard InChI is InChI=1S/C11H14N2O4S/c1-8(7-12)18(14,15)13-9-4-5-10(16-2)11(6-9)17-3/h4-6,8,13H,1-3H3. The summed E-state index contributed by atoms with van der Waals surface area (Å²) in [6, 6.07) is 6.26. The third kappa shape index (κ3) is 3.05. The normalized spacial score (nSPS) is 12.3. The lowest BCUT2D eigenvalue weighted by atomic mass is 10.3. The Bertz CT molecular complexity index is 563. The molecule has 1 unspecified atom stereocenters. The first-order valence-corrected chi connectivity index (χ1v) is 6.62. The van der Waals surface area contributed by atoms with Gasteiger partial charge in [-0.25, -0.2) is 8.42 Å². The first-order valence-electron chi connectivity index (χ1n) is 5.08. The number of nitriles is 1. The molecule has 0 amide bonds. The van der Waals surface area contributed by atoms with Gasteiger partial charge in [-0.3, -0.25) is 4.72 Å². The van der Waals surface area contributed by atoms with E-state index in [9.17, 15) is 8.42 Å². The molecule has 1 atom stereocenters. The Balaban J connectivity index is 3.04. The van der Waals surface area contributed by atoms with Gasteiger partial charge in [0.15, 0.2) is 16.7 Å². The highest BCUT2D eigenvalue weighted by molar-refractivity contribution is 7.93. The fourth-order valence-corrected chi connectivity index (χ4v) is 1.99. The summed E-state index contributed by atoms with van der Waals surface area (Å²) in [7, 11) is -0.777. The summed E-state index contributed by atoms with van der Waals surface area (Å²) in [5.41, 5.74) is 0.315. The second-order valence-corrected chi connectivity index (χ2v) is 5.49. The molecule has 0 radical (unpaired) electrons. The quantitative estimate of drug-likeness (QED) is 0.872. The molecule has 0 aliphatic heterocycles. The van der Waals surface area contributed by atoms with E-state index in [1.165, 1.54) is 33.3 Å². The van der Waals surface area contributed by atoms with E-state index in [4.69, 9.17) is 14.7 Å². The van der Waals surface area contributed by atoms with Crippen LogP contribution in [-0.4, -0.2) is 27.9 Å². The number of benzene rings is 1. The molecule has 18 heavy (non-hydrogen) atoms. The van der Waals surface area contributed by atoms with E-state index in [1.54, 1.807) is 12.1 Å². The number of nitrogens with zero attached hydrogens (tertiary/aromatic N) is 1. The average Bonchev–Trinajstić information content (AvgIpc) is 2.36. The van der Waals surface area contributed by atoms with Gasteiger partial charge in [0.05, 0.1) is 26.0 Å². The Morgan fingerprint density at radius 3 is 2.39 bits per heavy atom. The predicted molar refractivity (Wildman–Crippen MR) is 67.2 cm³/mol. The number of ether oxygens (including phenoxy) is 2. The zero-order valence-electron chi connectivity index (χ0n) is 10.3. The summed E-state index contributed by atoms with van der Waals surface area (Å²) in [6.07, 6.45) is 0. The largest absolute Gasteiger partial charge is 0.493 e. The van der Waals surface area contributed by atoms with Crippen LogP contribution in [0, 0.1) is 11.3 Å². The van der Waals surface area contributed by atoms with Gasteiger partial charge in [0, 0.05) is 6.07 Å². The van der Waals surface area contributed by atoms with Crippen molar-refractivity contribution in [2.45, 2.75) is 12.2 Å². The van der Waals surface area contributed by atoms with Gasteiger partial charge in [-0.15, -0.1) is 0 Å². The van der Waals surface area contributed by atoms with E-state index in [2.05, 4.69) is 4.72 Å². The van der Waals surface area contributed by atoms with Crippen LogP contribution >= 0.6 is 0 Å². The van der Waals surface area contributed by atoms with E-state index in [1.807, 2.05) is 0 Å². The van der Waals surface area contributed by atoms with E-state index in [0.29, 0.717) is 17.2 Å². The van der Waals surface area contributed by atoms with Crippen molar-refractivity contribution in [3.8, 4) is 17.6 Å². The molecule has 1 aromatic carbocycles. The average molecular weight is 270 g/mol. The molecular formula is C11H14N2O4S. The minimum atomic E-state index is -3.72. The molecular weight excluding hydrogens is 256 g/mol. The third-order valence-corrected chi connectivity index (χ3v) is 3.85. The van der Waals surface area contributed by atoms with E-state index in [0.717, 1.165) is 0 Å². The van der Waals surface area contributed by atoms with Crippen LogP contribution in [0.25, 0.3) is 0 Å². The van der Waals surface area contributed by atoms with E-state index < -0.39 is 15.3 Å². The molecule has 0 bridgehead atoms. The van der Waals surface area contributed by atoms with Crippen molar-refractivity contribution in [1.82, 2.24) is 0 Å². The highest BCUT2D eigenvalue weighted by Gasteiger charge is 2.20. The lowest BCUT2D eigenvalue weighted by molar-refractivity contribution is 0.355. The number of hydrogen-bond acceptors (Lipinski definition) is 5. The number of anilines is 1. The van der Waals surface area contributed by atoms with Crippen LogP contribution in [0.1, 0.15) is 6.92 Å². The van der Waals surface area contributed by atoms with Gasteiger partial charge in [0.25, 0.3) is 0 Å². The molecule has 7 heteroatoms. The summed E-state index contributed by atoms with van der Waals surface area (Å²) < 4.78 is 35.8. The molecule has 0 aromatic heterocycles. The molecule has 0 heterocycles. The summed E-state index contributed by atoms with van der Waals surface area (Å²) in [5.74, 6) is 0.899. The van der Waals surface area contributed by atoms with E-state index >= 15 is 0 Å². The first kappa shape index (κ1) is 14.1. The lowest BCUT2D eigenvalue weighted by Crippen LogP contribution is -2.23. The first-order chi connectivity index (χ1) is 8.44. The minimum absolute atomic E-state index is 0.315. The smallest absolute Gasteiger partial charge is 0.248 e. The van der Waals surface area contributed by atoms with Gasteiger partial charge in [0.1, 0.15) is 0 Å². The number of rotatable bonds is 5. The molecule has 0 spiro atoms. The number of methoxy groups -OCH3 is 2. The minimum Gasteiger partial charge on any atom is -0.493 e. The van der Waals surface area contributed by atoms with Gasteiger partial charge in [-0.2, -0.15) is 5.26 Å². The van der Waals surface area contributed by atoms with Gasteiger partial charge in [-0.05, 0) is 19.1 Å². The topological polar surface area (TPSA) is 88.4 Å². The molecule has 0 saturated carbocycles. The Labute approximate surface area is 106 Å². The highest BCUT2D eigenvalue weighted by atomic mass is 32.2. The molecule has 0 saturated heterocycles. The summed E-state index contributed by atoms with van der Waals surface area (Å²) in [4.78, 5) is 0. The fourth-order valence-electron chi connectivity index (χ4n) is 1.22. The maximum absolute atomic E-state index is 11.7. The molecule has 1 aromatic rings. The van der Waals surface area contributed by atoms with Crippen LogP contribution in [0.15, 0.2) is 18.2 Å². The maximum atomic E-state index is 11.7. The van der Waals surface area contributed by atoms with Crippen molar-refractivity contribution >= 4 is 15.7 Å². The molecule has 98 valence electrons. The number of hydrogen-bond donors (Lipinski definition) is 1. The van der Waals surface area contributed by atoms with Gasteiger partial charge >= 0.3 is 0 Å². The SMILES string of the molecule is COc1ccc(NS(=O)(=O)C(C)C#N)cc1OC. The lowest BCUT2D eigenvalue weighted by Gasteiger charge is -2.12. The van der Waals surface area contributed by atoms with Gasteiger partial charge < -0.3 is 9.47 Å². The second kappa shape index (κ2) is 5.60. The summed E-state index contributed by atoms with van der Waals surface area (Å²) >= 11 is 0. The van der Waals surface area contributed by atoms with Crippen molar-refractivity contribution in [1.29, 1.82) is 5.26 Å². The zero-order chi connectivity index (χ0) is 13.8. The van der Waals surface area contributed by atoms with Crippen molar-refractivity contribution < 1.29 is 17.9 Å². The highest BCUT2D eigenvalue weighted by Crippen LogP contribution is 2.30. The number of nitrogens with one attached hydrogen (secondary N) is 1. The fraction of sp³-hybridized carbons (Fsp3) is 0.364. The Morgan fingerprint density at radius 2 is 1.89 bits per heavy atom. The third-order valence-electron chi connectivity index (χ3n) is 2.29. The Kier molecular flexibility index (Phi) is 4.39. The molecule has 0 fully saturated rings. The Hall–Kier alpha value is -1.94. The van der Waals surface area contributed by atoms with Crippen LogP contribution < -0.4 is 14.2 Å². The summed E-state index contributed by atoms with van der Waals surface area (Å²) in [5, 5.41) is 7.48. The second-order valence-electron chi connectivity index (χ2n) is 3.49. The molecule has 0 aliphatic carbocycles. The predicted octanol–water partition coefficient (Wildman–Crippen LogP) is 1.36. The van der Waals surface area contributed by atoms with Crippen LogP contribution in [-0.2, 0) is 10.0 Å². The van der Waals surface area contributed by atoms with Crippen LogP contribution in [0.2, 0.25) is 0 Å². The van der Waals surface area contributed by atoms with Crippen LogP contribution in [0.5, 0.6) is 11.5 Å². The summed E-state index contributed by atoms with van der Waals surface area (Å²) in [6.45, 7) is 1.31. The van der Waals surface area contributed by atoms with Gasteiger partial charge in [0.2, 0.25) is 10.0 Å². The van der Waals surface area contributed by atoms with Crippen molar-refractivity contribution in [3.63, 3.8) is 0 Å². The monoisotopic (exact) mass is 270 g/mol.